The zero-order valence-electron chi connectivity index (χ0n) is 8.58. The summed E-state index contributed by atoms with van der Waals surface area (Å²) in [5.41, 5.74) is 0.541. The SMILES string of the molecule is O=C(c1ccc(S)cc1)N1CC(O)C(O)C1. The predicted octanol–water partition coefficient (Wildman–Crippen LogP) is 0.153. The van der Waals surface area contributed by atoms with Crippen LogP contribution in [0, 0.1) is 0 Å². The van der Waals surface area contributed by atoms with E-state index in [2.05, 4.69) is 12.6 Å². The van der Waals surface area contributed by atoms with Crippen LogP contribution < -0.4 is 0 Å². The van der Waals surface area contributed by atoms with Gasteiger partial charge in [-0.1, -0.05) is 0 Å². The number of carbonyl (C=O) groups excluding carboxylic acids is 1. The molecule has 2 N–H and O–H groups in total. The van der Waals surface area contributed by atoms with Gasteiger partial charge in [0, 0.05) is 23.5 Å². The lowest BCUT2D eigenvalue weighted by Gasteiger charge is -2.15. The fourth-order valence-electron chi connectivity index (χ4n) is 1.72. The first-order chi connectivity index (χ1) is 7.58. The molecule has 4 nitrogen and oxygen atoms in total. The van der Waals surface area contributed by atoms with Crippen molar-refractivity contribution in [3.05, 3.63) is 29.8 Å². The Kier molecular flexibility index (Phi) is 3.18. The molecule has 2 atom stereocenters. The molecule has 1 aliphatic heterocycles. The summed E-state index contributed by atoms with van der Waals surface area (Å²) in [6, 6.07) is 6.84. The van der Waals surface area contributed by atoms with Crippen LogP contribution >= 0.6 is 12.6 Å². The molecule has 86 valence electrons. The summed E-state index contributed by atoms with van der Waals surface area (Å²) in [5, 5.41) is 18.7. The average molecular weight is 239 g/mol. The zero-order chi connectivity index (χ0) is 11.7. The van der Waals surface area contributed by atoms with Crippen LogP contribution in [0.2, 0.25) is 0 Å². The second-order valence-electron chi connectivity index (χ2n) is 3.89. The Morgan fingerprint density at radius 2 is 1.69 bits per heavy atom. The molecular weight excluding hydrogens is 226 g/mol. The van der Waals surface area contributed by atoms with Crippen molar-refractivity contribution in [1.82, 2.24) is 4.90 Å². The van der Waals surface area contributed by atoms with Gasteiger partial charge in [-0.3, -0.25) is 4.79 Å². The number of hydrogen-bond acceptors (Lipinski definition) is 4. The van der Waals surface area contributed by atoms with Crippen molar-refractivity contribution < 1.29 is 15.0 Å². The van der Waals surface area contributed by atoms with Crippen molar-refractivity contribution in [2.75, 3.05) is 13.1 Å². The first-order valence-electron chi connectivity index (χ1n) is 5.02. The Bertz CT molecular complexity index is 383. The predicted molar refractivity (Wildman–Crippen MR) is 61.6 cm³/mol. The topological polar surface area (TPSA) is 60.8 Å². The number of hydrogen-bond donors (Lipinski definition) is 3. The quantitative estimate of drug-likeness (QED) is 0.612. The van der Waals surface area contributed by atoms with Gasteiger partial charge in [-0.2, -0.15) is 0 Å². The van der Waals surface area contributed by atoms with E-state index in [1.165, 1.54) is 4.90 Å². The lowest BCUT2D eigenvalue weighted by Crippen LogP contribution is -2.29. The molecule has 0 bridgehead atoms. The molecule has 0 saturated carbocycles. The van der Waals surface area contributed by atoms with E-state index in [0.717, 1.165) is 4.90 Å². The smallest absolute Gasteiger partial charge is 0.254 e. The van der Waals surface area contributed by atoms with E-state index in [-0.39, 0.29) is 19.0 Å². The molecule has 1 aromatic rings. The molecule has 0 aliphatic carbocycles. The number of amides is 1. The number of thiol groups is 1. The molecular formula is C11H13NO3S. The number of likely N-dealkylation sites (tertiary alicyclic amines) is 1. The summed E-state index contributed by atoms with van der Waals surface area (Å²) in [6.45, 7) is 0.366. The van der Waals surface area contributed by atoms with E-state index in [0.29, 0.717) is 5.56 Å². The van der Waals surface area contributed by atoms with E-state index in [1.807, 2.05) is 0 Å². The van der Waals surface area contributed by atoms with Gasteiger partial charge in [-0.15, -0.1) is 12.6 Å². The van der Waals surface area contributed by atoms with Crippen molar-refractivity contribution in [3.63, 3.8) is 0 Å². The lowest BCUT2D eigenvalue weighted by molar-refractivity contribution is 0.0572. The summed E-state index contributed by atoms with van der Waals surface area (Å²) in [4.78, 5) is 14.2. The Morgan fingerprint density at radius 1 is 1.19 bits per heavy atom. The average Bonchev–Trinajstić information content (AvgIpc) is 2.59. The Labute approximate surface area is 98.9 Å². The molecule has 16 heavy (non-hydrogen) atoms. The third kappa shape index (κ3) is 2.21. The Balaban J connectivity index is 2.11. The van der Waals surface area contributed by atoms with Crippen molar-refractivity contribution in [1.29, 1.82) is 0 Å². The number of rotatable bonds is 1. The molecule has 1 aromatic carbocycles. The Hall–Kier alpha value is -1.04. The van der Waals surface area contributed by atoms with E-state index in [1.54, 1.807) is 24.3 Å². The summed E-state index contributed by atoms with van der Waals surface area (Å²) in [5.74, 6) is -0.177. The van der Waals surface area contributed by atoms with Gasteiger partial charge in [0.25, 0.3) is 5.91 Å². The summed E-state index contributed by atoms with van der Waals surface area (Å²) >= 11 is 4.13. The van der Waals surface area contributed by atoms with Crippen LogP contribution in [0.1, 0.15) is 10.4 Å². The second kappa shape index (κ2) is 4.45. The van der Waals surface area contributed by atoms with Crippen molar-refractivity contribution >= 4 is 18.5 Å². The van der Waals surface area contributed by atoms with E-state index < -0.39 is 12.2 Å². The van der Waals surface area contributed by atoms with Gasteiger partial charge in [0.2, 0.25) is 0 Å². The van der Waals surface area contributed by atoms with Gasteiger partial charge in [0.15, 0.2) is 0 Å². The molecule has 2 rings (SSSR count). The molecule has 0 aromatic heterocycles. The minimum Gasteiger partial charge on any atom is -0.388 e. The molecule has 0 radical (unpaired) electrons. The minimum absolute atomic E-state index is 0.177. The maximum Gasteiger partial charge on any atom is 0.254 e. The molecule has 1 fully saturated rings. The molecule has 1 aliphatic rings. The van der Waals surface area contributed by atoms with Crippen LogP contribution in [0.25, 0.3) is 0 Å². The van der Waals surface area contributed by atoms with Crippen molar-refractivity contribution in [2.24, 2.45) is 0 Å². The zero-order valence-corrected chi connectivity index (χ0v) is 9.47. The number of aliphatic hydroxyl groups is 2. The maximum absolute atomic E-state index is 11.9. The van der Waals surface area contributed by atoms with Crippen LogP contribution in [0.4, 0.5) is 0 Å². The van der Waals surface area contributed by atoms with Crippen LogP contribution in [0.5, 0.6) is 0 Å². The van der Waals surface area contributed by atoms with Crippen LogP contribution in [-0.2, 0) is 0 Å². The van der Waals surface area contributed by atoms with Gasteiger partial charge < -0.3 is 15.1 Å². The maximum atomic E-state index is 11.9. The largest absolute Gasteiger partial charge is 0.388 e. The standard InChI is InChI=1S/C11H13NO3S/c13-9-5-12(6-10(9)14)11(15)7-1-3-8(16)4-2-7/h1-4,9-10,13-14,16H,5-6H2. The molecule has 2 unspecified atom stereocenters. The fraction of sp³-hybridized carbons (Fsp3) is 0.364. The van der Waals surface area contributed by atoms with Crippen molar-refractivity contribution in [3.8, 4) is 0 Å². The highest BCUT2D eigenvalue weighted by Crippen LogP contribution is 2.15. The van der Waals surface area contributed by atoms with Gasteiger partial charge in [0.1, 0.15) is 0 Å². The number of carbonyl (C=O) groups is 1. The van der Waals surface area contributed by atoms with Crippen LogP contribution in [0.15, 0.2) is 29.2 Å². The van der Waals surface area contributed by atoms with Gasteiger partial charge in [-0.05, 0) is 24.3 Å². The van der Waals surface area contributed by atoms with Crippen LogP contribution in [0.3, 0.4) is 0 Å². The monoisotopic (exact) mass is 239 g/mol. The molecule has 1 heterocycles. The lowest BCUT2D eigenvalue weighted by atomic mass is 10.2. The normalized spacial score (nSPS) is 24.8. The summed E-state index contributed by atoms with van der Waals surface area (Å²) in [7, 11) is 0. The third-order valence-corrected chi connectivity index (χ3v) is 2.96. The van der Waals surface area contributed by atoms with Crippen LogP contribution in [-0.4, -0.2) is 46.3 Å². The van der Waals surface area contributed by atoms with E-state index in [4.69, 9.17) is 0 Å². The first kappa shape index (κ1) is 11.4. The second-order valence-corrected chi connectivity index (χ2v) is 4.41. The number of β-amino-alcohol motifs (C(OH)–C–C–N with tert-alkyl or cyclic N) is 2. The fourth-order valence-corrected chi connectivity index (χ4v) is 1.87. The van der Waals surface area contributed by atoms with E-state index >= 15 is 0 Å². The molecule has 1 saturated heterocycles. The first-order valence-corrected chi connectivity index (χ1v) is 5.47. The molecule has 1 amide bonds. The van der Waals surface area contributed by atoms with Gasteiger partial charge in [-0.25, -0.2) is 0 Å². The van der Waals surface area contributed by atoms with Gasteiger partial charge >= 0.3 is 0 Å². The van der Waals surface area contributed by atoms with Gasteiger partial charge in [0.05, 0.1) is 12.2 Å². The number of benzene rings is 1. The highest BCUT2D eigenvalue weighted by atomic mass is 32.1. The number of nitrogens with zero attached hydrogens (tertiary/aromatic N) is 1. The van der Waals surface area contributed by atoms with Crippen molar-refractivity contribution in [2.45, 2.75) is 17.1 Å². The summed E-state index contributed by atoms with van der Waals surface area (Å²) < 4.78 is 0. The number of aliphatic hydroxyl groups excluding tert-OH is 2. The highest BCUT2D eigenvalue weighted by Gasteiger charge is 2.32. The third-order valence-electron chi connectivity index (χ3n) is 2.66. The molecule has 0 spiro atoms. The minimum atomic E-state index is -0.840. The highest BCUT2D eigenvalue weighted by molar-refractivity contribution is 7.80. The summed E-state index contributed by atoms with van der Waals surface area (Å²) in [6.07, 6.45) is -1.68. The molecule has 5 heteroatoms. The Morgan fingerprint density at radius 3 is 2.19 bits per heavy atom. The van der Waals surface area contributed by atoms with E-state index in [9.17, 15) is 15.0 Å².